The summed E-state index contributed by atoms with van der Waals surface area (Å²) >= 11 is 0. The molecule has 1 amide bonds. The number of nitrogens with one attached hydrogen (secondary N) is 1. The van der Waals surface area contributed by atoms with Gasteiger partial charge in [0.15, 0.2) is 5.65 Å². The molecule has 2 aromatic heterocycles. The predicted octanol–water partition coefficient (Wildman–Crippen LogP) is 1.93. The minimum Gasteiger partial charge on any atom is -0.497 e. The maximum Gasteiger partial charge on any atom is 0.255 e. The fourth-order valence-corrected chi connectivity index (χ4v) is 3.65. The van der Waals surface area contributed by atoms with Crippen LogP contribution in [-0.4, -0.2) is 65.5 Å². The largest absolute Gasteiger partial charge is 0.497 e. The highest BCUT2D eigenvalue weighted by molar-refractivity contribution is 5.97. The summed E-state index contributed by atoms with van der Waals surface area (Å²) in [6.45, 7) is 4.81. The lowest BCUT2D eigenvalue weighted by atomic mass is 10.1. The van der Waals surface area contributed by atoms with E-state index in [1.807, 2.05) is 29.2 Å². The van der Waals surface area contributed by atoms with Gasteiger partial charge in [0.2, 0.25) is 0 Å². The second-order valence-electron chi connectivity index (χ2n) is 7.22. The van der Waals surface area contributed by atoms with E-state index >= 15 is 0 Å². The second-order valence-corrected chi connectivity index (χ2v) is 7.22. The molecular weight excluding hydrogens is 370 g/mol. The number of benzene rings is 1. The molecule has 0 spiro atoms. The number of carbonyl (C=O) groups is 1. The highest BCUT2D eigenvalue weighted by atomic mass is 16.5. The average molecular weight is 395 g/mol. The number of aromatic nitrogens is 3. The van der Waals surface area contributed by atoms with Crippen molar-refractivity contribution >= 4 is 16.9 Å². The molecule has 1 fully saturated rings. The first-order valence-electron chi connectivity index (χ1n) is 9.64. The van der Waals surface area contributed by atoms with Gasteiger partial charge in [0.25, 0.3) is 5.91 Å². The molecule has 1 N–H and O–H groups in total. The molecule has 1 aliphatic heterocycles. The monoisotopic (exact) mass is 395 g/mol. The molecule has 29 heavy (non-hydrogen) atoms. The van der Waals surface area contributed by atoms with Gasteiger partial charge in [0, 0.05) is 48.9 Å². The average Bonchev–Trinajstić information content (AvgIpc) is 3.15. The summed E-state index contributed by atoms with van der Waals surface area (Å²) in [7, 11) is 3.26. The van der Waals surface area contributed by atoms with Crippen molar-refractivity contribution in [3.8, 4) is 11.5 Å². The summed E-state index contributed by atoms with van der Waals surface area (Å²) < 4.78 is 12.5. The Balaban J connectivity index is 1.58. The van der Waals surface area contributed by atoms with Crippen LogP contribution in [0.25, 0.3) is 11.0 Å². The number of amides is 1. The van der Waals surface area contributed by atoms with E-state index in [9.17, 15) is 4.79 Å². The van der Waals surface area contributed by atoms with Crippen molar-refractivity contribution in [1.82, 2.24) is 25.0 Å². The van der Waals surface area contributed by atoms with Gasteiger partial charge < -0.3 is 19.7 Å². The van der Waals surface area contributed by atoms with E-state index in [2.05, 4.69) is 22.3 Å². The first-order chi connectivity index (χ1) is 14.1. The molecule has 3 aromatic rings. The van der Waals surface area contributed by atoms with Gasteiger partial charge >= 0.3 is 0 Å². The molecule has 0 aliphatic carbocycles. The van der Waals surface area contributed by atoms with E-state index in [0.717, 1.165) is 34.6 Å². The van der Waals surface area contributed by atoms with Gasteiger partial charge in [-0.05, 0) is 25.1 Å². The summed E-state index contributed by atoms with van der Waals surface area (Å²) in [6, 6.07) is 7.86. The normalized spacial score (nSPS) is 16.8. The lowest BCUT2D eigenvalue weighted by Crippen LogP contribution is -2.51. The van der Waals surface area contributed by atoms with Crippen molar-refractivity contribution < 1.29 is 14.3 Å². The van der Waals surface area contributed by atoms with Gasteiger partial charge in [0.1, 0.15) is 11.5 Å². The molecular formula is C21H25N5O3. The van der Waals surface area contributed by atoms with Crippen LogP contribution in [-0.2, 0) is 6.54 Å². The molecule has 0 saturated carbocycles. The molecule has 4 rings (SSSR count). The van der Waals surface area contributed by atoms with Crippen molar-refractivity contribution in [2.75, 3.05) is 33.9 Å². The Bertz CT molecular complexity index is 1030. The van der Waals surface area contributed by atoms with E-state index in [1.54, 1.807) is 31.3 Å². The third-order valence-electron chi connectivity index (χ3n) is 5.19. The number of methoxy groups -OCH3 is 2. The summed E-state index contributed by atoms with van der Waals surface area (Å²) in [6.07, 6.45) is 3.39. The van der Waals surface area contributed by atoms with Gasteiger partial charge in [0.05, 0.1) is 32.5 Å². The van der Waals surface area contributed by atoms with Gasteiger partial charge in [-0.1, -0.05) is 0 Å². The molecule has 1 saturated heterocycles. The molecule has 3 heterocycles. The number of hydrogen-bond acceptors (Lipinski definition) is 6. The standard InChI is InChI=1S/C21H25N5O3/c1-14-12-25(7-6-22-14)21(27)17-8-16-11-24-26(20(16)23-10-17)13-15-4-5-18(28-2)9-19(15)29-3/h4-5,8-11,14,22H,6-7,12-13H2,1-3H3. The molecule has 1 aliphatic rings. The van der Waals surface area contributed by atoms with Crippen molar-refractivity contribution in [3.05, 3.63) is 47.8 Å². The highest BCUT2D eigenvalue weighted by Crippen LogP contribution is 2.26. The molecule has 8 nitrogen and oxygen atoms in total. The zero-order chi connectivity index (χ0) is 20.4. The number of ether oxygens (including phenoxy) is 2. The molecule has 1 unspecified atom stereocenters. The second kappa shape index (κ2) is 8.08. The zero-order valence-electron chi connectivity index (χ0n) is 16.9. The number of carbonyl (C=O) groups excluding carboxylic acids is 1. The van der Waals surface area contributed by atoms with E-state index in [4.69, 9.17) is 9.47 Å². The van der Waals surface area contributed by atoms with Crippen LogP contribution in [0.1, 0.15) is 22.8 Å². The Labute approximate surface area is 169 Å². The van der Waals surface area contributed by atoms with E-state index in [-0.39, 0.29) is 5.91 Å². The van der Waals surface area contributed by atoms with Crippen LogP contribution in [0.2, 0.25) is 0 Å². The van der Waals surface area contributed by atoms with E-state index in [0.29, 0.717) is 31.2 Å². The van der Waals surface area contributed by atoms with Crippen LogP contribution in [0.15, 0.2) is 36.7 Å². The first-order valence-corrected chi connectivity index (χ1v) is 9.64. The minimum atomic E-state index is 0.0114. The van der Waals surface area contributed by atoms with Crippen molar-refractivity contribution in [1.29, 1.82) is 0 Å². The fraction of sp³-hybridized carbons (Fsp3) is 0.381. The smallest absolute Gasteiger partial charge is 0.255 e. The number of nitrogens with zero attached hydrogens (tertiary/aromatic N) is 4. The van der Waals surface area contributed by atoms with Crippen LogP contribution in [0.4, 0.5) is 0 Å². The fourth-order valence-electron chi connectivity index (χ4n) is 3.65. The van der Waals surface area contributed by atoms with Gasteiger partial charge in [-0.25, -0.2) is 9.67 Å². The maximum absolute atomic E-state index is 12.8. The molecule has 1 aromatic carbocycles. The summed E-state index contributed by atoms with van der Waals surface area (Å²) in [5.74, 6) is 1.48. The number of rotatable bonds is 5. The molecule has 152 valence electrons. The van der Waals surface area contributed by atoms with Crippen LogP contribution < -0.4 is 14.8 Å². The van der Waals surface area contributed by atoms with Gasteiger partial charge in [-0.2, -0.15) is 5.10 Å². The minimum absolute atomic E-state index is 0.0114. The Hall–Kier alpha value is -3.13. The van der Waals surface area contributed by atoms with E-state index in [1.165, 1.54) is 0 Å². The van der Waals surface area contributed by atoms with Crippen molar-refractivity contribution in [2.24, 2.45) is 0 Å². The Kier molecular flexibility index (Phi) is 5.35. The van der Waals surface area contributed by atoms with Gasteiger partial charge in [-0.3, -0.25) is 4.79 Å². The van der Waals surface area contributed by atoms with Crippen LogP contribution in [0, 0.1) is 0 Å². The molecule has 0 radical (unpaired) electrons. The number of hydrogen-bond donors (Lipinski definition) is 1. The third-order valence-corrected chi connectivity index (χ3v) is 5.19. The number of fused-ring (bicyclic) bond motifs is 1. The Morgan fingerprint density at radius 2 is 2.10 bits per heavy atom. The maximum atomic E-state index is 12.8. The highest BCUT2D eigenvalue weighted by Gasteiger charge is 2.22. The Morgan fingerprint density at radius 3 is 2.86 bits per heavy atom. The SMILES string of the molecule is COc1ccc(Cn2ncc3cc(C(=O)N4CCNC(C)C4)cnc32)c(OC)c1. The van der Waals surface area contributed by atoms with Gasteiger partial charge in [-0.15, -0.1) is 0 Å². The lowest BCUT2D eigenvalue weighted by molar-refractivity contribution is 0.0709. The van der Waals surface area contributed by atoms with Crippen LogP contribution >= 0.6 is 0 Å². The van der Waals surface area contributed by atoms with E-state index < -0.39 is 0 Å². The molecule has 8 heteroatoms. The number of piperazine rings is 1. The summed E-state index contributed by atoms with van der Waals surface area (Å²) in [4.78, 5) is 19.2. The lowest BCUT2D eigenvalue weighted by Gasteiger charge is -2.31. The van der Waals surface area contributed by atoms with Crippen LogP contribution in [0.5, 0.6) is 11.5 Å². The summed E-state index contributed by atoms with van der Waals surface area (Å²) in [5.41, 5.74) is 2.29. The Morgan fingerprint density at radius 1 is 1.24 bits per heavy atom. The third kappa shape index (κ3) is 3.88. The van der Waals surface area contributed by atoms with Crippen molar-refractivity contribution in [2.45, 2.75) is 19.5 Å². The topological polar surface area (TPSA) is 81.5 Å². The first kappa shape index (κ1) is 19.2. The van der Waals surface area contributed by atoms with Crippen molar-refractivity contribution in [3.63, 3.8) is 0 Å². The predicted molar refractivity (Wildman–Crippen MR) is 110 cm³/mol. The zero-order valence-corrected chi connectivity index (χ0v) is 16.9. The molecule has 1 atom stereocenters. The quantitative estimate of drug-likeness (QED) is 0.711. The summed E-state index contributed by atoms with van der Waals surface area (Å²) in [5, 5.41) is 8.66. The number of pyridine rings is 1. The van der Waals surface area contributed by atoms with Crippen LogP contribution in [0.3, 0.4) is 0 Å². The molecule has 0 bridgehead atoms.